The lowest BCUT2D eigenvalue weighted by Crippen LogP contribution is -2.50. The van der Waals surface area contributed by atoms with Gasteiger partial charge in [-0.15, -0.1) is 0 Å². The van der Waals surface area contributed by atoms with Crippen molar-refractivity contribution in [2.45, 2.75) is 51.7 Å². The van der Waals surface area contributed by atoms with Gasteiger partial charge in [0.05, 0.1) is 0 Å². The predicted molar refractivity (Wildman–Crippen MR) is 156 cm³/mol. The highest BCUT2D eigenvalue weighted by Crippen LogP contribution is 2.31. The van der Waals surface area contributed by atoms with Crippen LogP contribution in [-0.4, -0.2) is 28.6 Å². The summed E-state index contributed by atoms with van der Waals surface area (Å²) in [5.74, 6) is -0.227. The lowest BCUT2D eigenvalue weighted by Gasteiger charge is -2.23. The van der Waals surface area contributed by atoms with Crippen LogP contribution in [0.2, 0.25) is 0 Å². The van der Waals surface area contributed by atoms with Gasteiger partial charge in [0.15, 0.2) is 11.5 Å². The first-order valence-corrected chi connectivity index (χ1v) is 13.5. The van der Waals surface area contributed by atoms with E-state index in [4.69, 9.17) is 14.2 Å². The van der Waals surface area contributed by atoms with Crippen LogP contribution in [0.25, 0.3) is 0 Å². The molecule has 1 atom stereocenters. The van der Waals surface area contributed by atoms with E-state index < -0.39 is 23.5 Å². The minimum Gasteiger partial charge on any atom is -0.485 e. The van der Waals surface area contributed by atoms with Crippen LogP contribution in [0.3, 0.4) is 0 Å². The third-order valence-corrected chi connectivity index (χ3v) is 6.29. The van der Waals surface area contributed by atoms with E-state index in [0.29, 0.717) is 24.7 Å². The fourth-order valence-electron chi connectivity index (χ4n) is 3.98. The van der Waals surface area contributed by atoms with E-state index in [9.17, 15) is 14.7 Å². The normalized spacial score (nSPS) is 11.8. The van der Waals surface area contributed by atoms with Crippen molar-refractivity contribution in [2.75, 3.05) is 0 Å². The zero-order chi connectivity index (χ0) is 29.1. The maximum absolute atomic E-state index is 13.1. The summed E-state index contributed by atoms with van der Waals surface area (Å²) in [6, 6.07) is 33.3. The molecule has 7 nitrogen and oxygen atoms in total. The van der Waals surface area contributed by atoms with Crippen LogP contribution in [0, 0.1) is 0 Å². The standard InChI is InChI=1S/C34H35NO6/c1-34(2,38)33(37)35-29(32(36)41-24-27-16-10-5-11-17-27)20-28-18-19-30(39-22-25-12-6-3-7-13-25)31(21-28)40-23-26-14-8-4-9-15-26/h3-19,21,29,38H,20,22-24H2,1-2H3,(H,35,37)/t29-/m0/s1. The monoisotopic (exact) mass is 553 g/mol. The molecule has 4 rings (SSSR count). The van der Waals surface area contributed by atoms with Crippen LogP contribution in [0.5, 0.6) is 11.5 Å². The van der Waals surface area contributed by atoms with Crippen molar-refractivity contribution in [2.24, 2.45) is 0 Å². The van der Waals surface area contributed by atoms with Crippen LogP contribution in [-0.2, 0) is 40.6 Å². The van der Waals surface area contributed by atoms with Gasteiger partial charge in [0.2, 0.25) is 0 Å². The number of hydrogen-bond acceptors (Lipinski definition) is 6. The van der Waals surface area contributed by atoms with E-state index in [1.807, 2.05) is 97.1 Å². The zero-order valence-corrected chi connectivity index (χ0v) is 23.3. The Bertz CT molecular complexity index is 1400. The summed E-state index contributed by atoms with van der Waals surface area (Å²) >= 11 is 0. The number of hydrogen-bond donors (Lipinski definition) is 2. The number of carbonyl (C=O) groups excluding carboxylic acids is 2. The highest BCUT2D eigenvalue weighted by molar-refractivity contribution is 5.89. The van der Waals surface area contributed by atoms with Gasteiger partial charge in [-0.2, -0.15) is 0 Å². The Kier molecular flexibility index (Phi) is 10.1. The van der Waals surface area contributed by atoms with Gasteiger partial charge in [0.25, 0.3) is 5.91 Å². The van der Waals surface area contributed by atoms with E-state index in [1.165, 1.54) is 13.8 Å². The predicted octanol–water partition coefficient (Wildman–Crippen LogP) is 5.39. The second kappa shape index (κ2) is 14.1. The number of benzene rings is 4. The van der Waals surface area contributed by atoms with E-state index in [-0.39, 0.29) is 13.0 Å². The molecule has 7 heteroatoms. The molecule has 0 radical (unpaired) electrons. The first kappa shape index (κ1) is 29.4. The molecule has 0 aliphatic carbocycles. The van der Waals surface area contributed by atoms with Crippen LogP contribution < -0.4 is 14.8 Å². The maximum Gasteiger partial charge on any atom is 0.329 e. The highest BCUT2D eigenvalue weighted by atomic mass is 16.5. The Labute approximate surface area is 240 Å². The van der Waals surface area contributed by atoms with Crippen LogP contribution in [0.15, 0.2) is 109 Å². The number of nitrogens with one attached hydrogen (secondary N) is 1. The van der Waals surface area contributed by atoms with Gasteiger partial charge in [0.1, 0.15) is 31.5 Å². The Balaban J connectivity index is 1.54. The molecule has 41 heavy (non-hydrogen) atoms. The number of carbonyl (C=O) groups is 2. The second-order valence-electron chi connectivity index (χ2n) is 10.2. The second-order valence-corrected chi connectivity index (χ2v) is 10.2. The molecule has 0 heterocycles. The zero-order valence-electron chi connectivity index (χ0n) is 23.3. The van der Waals surface area contributed by atoms with Crippen molar-refractivity contribution in [1.82, 2.24) is 5.32 Å². The number of rotatable bonds is 13. The summed E-state index contributed by atoms with van der Waals surface area (Å²) in [6.45, 7) is 3.47. The van der Waals surface area contributed by atoms with Gasteiger partial charge in [-0.1, -0.05) is 97.1 Å². The molecule has 0 aliphatic heterocycles. The van der Waals surface area contributed by atoms with Crippen molar-refractivity contribution >= 4 is 11.9 Å². The lowest BCUT2D eigenvalue weighted by molar-refractivity contribution is -0.151. The first-order chi connectivity index (χ1) is 19.8. The third kappa shape index (κ3) is 9.22. The number of amides is 1. The summed E-state index contributed by atoms with van der Waals surface area (Å²) in [6.07, 6.45) is 0.121. The van der Waals surface area contributed by atoms with Crippen LogP contribution in [0.4, 0.5) is 0 Å². The quantitative estimate of drug-likeness (QED) is 0.216. The van der Waals surface area contributed by atoms with Crippen molar-refractivity contribution in [1.29, 1.82) is 0 Å². The molecule has 1 amide bonds. The minimum absolute atomic E-state index is 0.0618. The average molecular weight is 554 g/mol. The minimum atomic E-state index is -1.67. The first-order valence-electron chi connectivity index (χ1n) is 13.5. The molecule has 0 aliphatic rings. The Morgan fingerprint density at radius 3 is 1.68 bits per heavy atom. The average Bonchev–Trinajstić information content (AvgIpc) is 2.99. The van der Waals surface area contributed by atoms with Crippen molar-refractivity contribution in [3.63, 3.8) is 0 Å². The summed E-state index contributed by atoms with van der Waals surface area (Å²) in [4.78, 5) is 25.8. The third-order valence-electron chi connectivity index (χ3n) is 6.29. The summed E-state index contributed by atoms with van der Waals surface area (Å²) in [5.41, 5.74) is 1.88. The fraction of sp³-hybridized carbons (Fsp3) is 0.235. The lowest BCUT2D eigenvalue weighted by atomic mass is 10.0. The molecule has 0 aromatic heterocycles. The summed E-state index contributed by atoms with van der Waals surface area (Å²) in [5, 5.41) is 12.8. The van der Waals surface area contributed by atoms with Gasteiger partial charge >= 0.3 is 5.97 Å². The molecule has 0 spiro atoms. The Hall–Kier alpha value is -4.62. The smallest absolute Gasteiger partial charge is 0.329 e. The van der Waals surface area contributed by atoms with E-state index in [2.05, 4.69) is 5.32 Å². The van der Waals surface area contributed by atoms with Crippen molar-refractivity contribution in [3.05, 3.63) is 131 Å². The van der Waals surface area contributed by atoms with Gasteiger partial charge < -0.3 is 24.6 Å². The molecule has 0 saturated heterocycles. The molecule has 0 unspecified atom stereocenters. The van der Waals surface area contributed by atoms with Gasteiger partial charge in [-0.05, 0) is 48.2 Å². The molecule has 0 fully saturated rings. The maximum atomic E-state index is 13.1. The molecule has 2 N–H and O–H groups in total. The molecular weight excluding hydrogens is 518 g/mol. The van der Waals surface area contributed by atoms with E-state index in [0.717, 1.165) is 22.3 Å². The van der Waals surface area contributed by atoms with Crippen LogP contribution in [0.1, 0.15) is 36.1 Å². The number of esters is 1. The fourth-order valence-corrected chi connectivity index (χ4v) is 3.98. The number of aliphatic hydroxyl groups is 1. The summed E-state index contributed by atoms with van der Waals surface area (Å²) < 4.78 is 17.8. The van der Waals surface area contributed by atoms with Crippen molar-refractivity contribution < 1.29 is 28.9 Å². The van der Waals surface area contributed by atoms with Gasteiger partial charge in [0, 0.05) is 6.42 Å². The SMILES string of the molecule is CC(C)(O)C(=O)N[C@@H](Cc1ccc(OCc2ccccc2)c(OCc2ccccc2)c1)C(=O)OCc1ccccc1. The summed E-state index contributed by atoms with van der Waals surface area (Å²) in [7, 11) is 0. The Morgan fingerprint density at radius 1 is 0.683 bits per heavy atom. The van der Waals surface area contributed by atoms with Gasteiger partial charge in [-0.25, -0.2) is 4.79 Å². The molecule has 212 valence electrons. The molecule has 0 bridgehead atoms. The molecular formula is C34H35NO6. The van der Waals surface area contributed by atoms with Crippen molar-refractivity contribution in [3.8, 4) is 11.5 Å². The van der Waals surface area contributed by atoms with Gasteiger partial charge in [-0.3, -0.25) is 4.79 Å². The number of ether oxygens (including phenoxy) is 3. The molecule has 4 aromatic rings. The van der Waals surface area contributed by atoms with Crippen LogP contribution >= 0.6 is 0 Å². The topological polar surface area (TPSA) is 94.1 Å². The largest absolute Gasteiger partial charge is 0.485 e. The Morgan fingerprint density at radius 2 is 1.17 bits per heavy atom. The molecule has 0 saturated carbocycles. The highest BCUT2D eigenvalue weighted by Gasteiger charge is 2.30. The van der Waals surface area contributed by atoms with E-state index >= 15 is 0 Å². The molecule has 4 aromatic carbocycles. The van der Waals surface area contributed by atoms with E-state index in [1.54, 1.807) is 12.1 Å².